The third kappa shape index (κ3) is 3.61. The van der Waals surface area contributed by atoms with Crippen molar-refractivity contribution in [3.63, 3.8) is 0 Å². The standard InChI is InChI=1S/C26H26O3/c1-5-18-8-9-20(24-16-26(29-4)25(28-3)15-23(18)24)12-17-6-7-19-10-11-22(27-2)14-21(19)13-17/h6-11,13-16H,5,12H2,1-4H3. The van der Waals surface area contributed by atoms with Gasteiger partial charge in [0.1, 0.15) is 5.75 Å². The zero-order valence-electron chi connectivity index (χ0n) is 17.4. The minimum atomic E-state index is 0.762. The molecule has 0 radical (unpaired) electrons. The van der Waals surface area contributed by atoms with E-state index < -0.39 is 0 Å². The van der Waals surface area contributed by atoms with Gasteiger partial charge < -0.3 is 14.2 Å². The summed E-state index contributed by atoms with van der Waals surface area (Å²) < 4.78 is 16.5. The summed E-state index contributed by atoms with van der Waals surface area (Å²) >= 11 is 0. The van der Waals surface area contributed by atoms with Gasteiger partial charge in [0.2, 0.25) is 0 Å². The van der Waals surface area contributed by atoms with E-state index in [2.05, 4.69) is 61.5 Å². The van der Waals surface area contributed by atoms with Crippen LogP contribution in [0.2, 0.25) is 0 Å². The van der Waals surface area contributed by atoms with Crippen molar-refractivity contribution in [3.8, 4) is 17.2 Å². The van der Waals surface area contributed by atoms with E-state index in [9.17, 15) is 0 Å². The second-order valence-corrected chi connectivity index (χ2v) is 7.21. The Morgan fingerprint density at radius 2 is 1.28 bits per heavy atom. The predicted molar refractivity (Wildman–Crippen MR) is 120 cm³/mol. The van der Waals surface area contributed by atoms with E-state index in [1.807, 2.05) is 6.07 Å². The SMILES string of the molecule is CCc1ccc(Cc2ccc3ccc(OC)cc3c2)c2cc(OC)c(OC)cc12. The Morgan fingerprint density at radius 3 is 1.93 bits per heavy atom. The number of hydrogen-bond donors (Lipinski definition) is 0. The highest BCUT2D eigenvalue weighted by Crippen LogP contribution is 2.36. The van der Waals surface area contributed by atoms with Crippen LogP contribution in [-0.4, -0.2) is 21.3 Å². The first-order valence-corrected chi connectivity index (χ1v) is 9.90. The Labute approximate surface area is 171 Å². The minimum Gasteiger partial charge on any atom is -0.497 e. The molecule has 0 heterocycles. The first-order valence-electron chi connectivity index (χ1n) is 9.90. The fourth-order valence-corrected chi connectivity index (χ4v) is 3.98. The second-order valence-electron chi connectivity index (χ2n) is 7.21. The minimum absolute atomic E-state index is 0.762. The van der Waals surface area contributed by atoms with Gasteiger partial charge in [0.05, 0.1) is 21.3 Å². The summed E-state index contributed by atoms with van der Waals surface area (Å²) in [5.41, 5.74) is 3.86. The maximum atomic E-state index is 5.57. The molecule has 0 aliphatic heterocycles. The van der Waals surface area contributed by atoms with Crippen LogP contribution in [0.15, 0.2) is 60.7 Å². The molecule has 4 aromatic carbocycles. The van der Waals surface area contributed by atoms with Gasteiger partial charge in [0, 0.05) is 0 Å². The molecule has 0 unspecified atom stereocenters. The monoisotopic (exact) mass is 386 g/mol. The van der Waals surface area contributed by atoms with Crippen LogP contribution in [0.4, 0.5) is 0 Å². The maximum absolute atomic E-state index is 5.57. The summed E-state index contributed by atoms with van der Waals surface area (Å²) in [7, 11) is 5.07. The van der Waals surface area contributed by atoms with E-state index in [0.29, 0.717) is 0 Å². The Kier molecular flexibility index (Phi) is 5.30. The van der Waals surface area contributed by atoms with Crippen molar-refractivity contribution in [3.05, 3.63) is 77.4 Å². The lowest BCUT2D eigenvalue weighted by molar-refractivity contribution is 0.356. The highest BCUT2D eigenvalue weighted by molar-refractivity contribution is 5.92. The molecule has 0 spiro atoms. The van der Waals surface area contributed by atoms with Crippen LogP contribution >= 0.6 is 0 Å². The molecule has 148 valence electrons. The van der Waals surface area contributed by atoms with Crippen molar-refractivity contribution in [2.24, 2.45) is 0 Å². The second kappa shape index (κ2) is 8.04. The Balaban J connectivity index is 1.82. The molecule has 3 nitrogen and oxygen atoms in total. The molecule has 0 fully saturated rings. The molecule has 29 heavy (non-hydrogen) atoms. The Bertz CT molecular complexity index is 1180. The third-order valence-corrected chi connectivity index (χ3v) is 5.59. The first-order chi connectivity index (χ1) is 14.2. The molecular formula is C26H26O3. The molecule has 3 heteroatoms. The van der Waals surface area contributed by atoms with Crippen molar-refractivity contribution in [1.82, 2.24) is 0 Å². The molecular weight excluding hydrogens is 360 g/mol. The van der Waals surface area contributed by atoms with Gasteiger partial charge in [-0.3, -0.25) is 0 Å². The molecule has 0 N–H and O–H groups in total. The van der Waals surface area contributed by atoms with Gasteiger partial charge in [-0.2, -0.15) is 0 Å². The van der Waals surface area contributed by atoms with E-state index in [-0.39, 0.29) is 0 Å². The van der Waals surface area contributed by atoms with E-state index in [0.717, 1.165) is 30.1 Å². The fourth-order valence-electron chi connectivity index (χ4n) is 3.98. The van der Waals surface area contributed by atoms with Crippen molar-refractivity contribution in [2.75, 3.05) is 21.3 Å². The fraction of sp³-hybridized carbons (Fsp3) is 0.231. The molecule has 4 aromatic rings. The van der Waals surface area contributed by atoms with Gasteiger partial charge in [-0.05, 0) is 75.3 Å². The lowest BCUT2D eigenvalue weighted by Crippen LogP contribution is -1.96. The maximum Gasteiger partial charge on any atom is 0.161 e. The Morgan fingerprint density at radius 1 is 0.621 bits per heavy atom. The molecule has 4 rings (SSSR count). The van der Waals surface area contributed by atoms with Crippen LogP contribution in [0.25, 0.3) is 21.5 Å². The summed E-state index contributed by atoms with van der Waals surface area (Å²) in [6.07, 6.45) is 1.82. The Hall–Kier alpha value is -3.20. The molecule has 0 amide bonds. The van der Waals surface area contributed by atoms with Crippen LogP contribution in [-0.2, 0) is 12.8 Å². The molecule has 0 saturated carbocycles. The number of rotatable bonds is 6. The molecule has 0 saturated heterocycles. The highest BCUT2D eigenvalue weighted by atomic mass is 16.5. The largest absolute Gasteiger partial charge is 0.497 e. The number of hydrogen-bond acceptors (Lipinski definition) is 3. The first kappa shape index (κ1) is 19.1. The summed E-state index contributed by atoms with van der Waals surface area (Å²) in [4.78, 5) is 0. The lowest BCUT2D eigenvalue weighted by atomic mass is 9.93. The van der Waals surface area contributed by atoms with Gasteiger partial charge in [0.25, 0.3) is 0 Å². The molecule has 0 bridgehead atoms. The van der Waals surface area contributed by atoms with Crippen LogP contribution in [0.5, 0.6) is 17.2 Å². The zero-order chi connectivity index (χ0) is 20.4. The van der Waals surface area contributed by atoms with Gasteiger partial charge in [-0.15, -0.1) is 0 Å². The van der Waals surface area contributed by atoms with Crippen molar-refractivity contribution in [2.45, 2.75) is 19.8 Å². The smallest absolute Gasteiger partial charge is 0.161 e. The van der Waals surface area contributed by atoms with Crippen LogP contribution in [0.1, 0.15) is 23.6 Å². The van der Waals surface area contributed by atoms with Gasteiger partial charge in [-0.25, -0.2) is 0 Å². The quantitative estimate of drug-likeness (QED) is 0.396. The zero-order valence-corrected chi connectivity index (χ0v) is 17.4. The predicted octanol–water partition coefficient (Wildman–Crippen LogP) is 6.17. The number of ether oxygens (including phenoxy) is 3. The summed E-state index contributed by atoms with van der Waals surface area (Å²) in [5, 5.41) is 4.85. The van der Waals surface area contributed by atoms with Crippen LogP contribution in [0, 0.1) is 0 Å². The van der Waals surface area contributed by atoms with E-state index >= 15 is 0 Å². The van der Waals surface area contributed by atoms with Crippen LogP contribution in [0.3, 0.4) is 0 Å². The van der Waals surface area contributed by atoms with Crippen LogP contribution < -0.4 is 14.2 Å². The van der Waals surface area contributed by atoms with Crippen molar-refractivity contribution in [1.29, 1.82) is 0 Å². The van der Waals surface area contributed by atoms with E-state index in [1.54, 1.807) is 21.3 Å². The number of benzene rings is 4. The van der Waals surface area contributed by atoms with E-state index in [4.69, 9.17) is 14.2 Å². The summed E-state index contributed by atoms with van der Waals surface area (Å²) in [6.45, 7) is 2.18. The summed E-state index contributed by atoms with van der Waals surface area (Å²) in [6, 6.07) is 21.5. The van der Waals surface area contributed by atoms with Gasteiger partial charge >= 0.3 is 0 Å². The molecule has 0 aliphatic rings. The molecule has 0 aromatic heterocycles. The molecule has 0 aliphatic carbocycles. The molecule has 0 atom stereocenters. The van der Waals surface area contributed by atoms with Crippen molar-refractivity contribution < 1.29 is 14.2 Å². The summed E-state index contributed by atoms with van der Waals surface area (Å²) in [5.74, 6) is 2.41. The van der Waals surface area contributed by atoms with E-state index in [1.165, 1.54) is 38.2 Å². The number of aryl methyl sites for hydroxylation is 1. The third-order valence-electron chi connectivity index (χ3n) is 5.59. The topological polar surface area (TPSA) is 27.7 Å². The average Bonchev–Trinajstić information content (AvgIpc) is 2.77. The lowest BCUT2D eigenvalue weighted by Gasteiger charge is -2.15. The van der Waals surface area contributed by atoms with Gasteiger partial charge in [-0.1, -0.05) is 43.3 Å². The number of methoxy groups -OCH3 is 3. The highest BCUT2D eigenvalue weighted by Gasteiger charge is 2.12. The normalized spacial score (nSPS) is 11.0. The number of fused-ring (bicyclic) bond motifs is 2. The van der Waals surface area contributed by atoms with Crippen molar-refractivity contribution >= 4 is 21.5 Å². The van der Waals surface area contributed by atoms with Gasteiger partial charge in [0.15, 0.2) is 11.5 Å². The average molecular weight is 386 g/mol.